The Morgan fingerprint density at radius 3 is 2.47 bits per heavy atom. The topological polar surface area (TPSA) is 76.9 Å². The van der Waals surface area contributed by atoms with Crippen LogP contribution in [0.5, 0.6) is 0 Å². The number of hydrogen-bond donors (Lipinski definition) is 1. The number of aromatic nitrogens is 3. The summed E-state index contributed by atoms with van der Waals surface area (Å²) in [6, 6.07) is 15.6. The quantitative estimate of drug-likeness (QED) is 0.418. The maximum absolute atomic E-state index is 12.6. The number of nitrogens with one attached hydrogen (secondary N) is 1. The maximum atomic E-state index is 12.6. The average Bonchev–Trinajstić information content (AvgIpc) is 3.15. The minimum atomic E-state index is -0.0377. The molecule has 3 aromatic rings. The molecule has 1 heterocycles. The van der Waals surface area contributed by atoms with Crippen molar-refractivity contribution < 1.29 is 9.59 Å². The third-order valence-electron chi connectivity index (χ3n) is 4.81. The summed E-state index contributed by atoms with van der Waals surface area (Å²) >= 11 is 1.41. The minimum absolute atomic E-state index is 0.0377. The Kier molecular flexibility index (Phi) is 7.41. The van der Waals surface area contributed by atoms with Gasteiger partial charge in [0.2, 0.25) is 5.91 Å². The second-order valence-corrected chi connectivity index (χ2v) is 7.95. The van der Waals surface area contributed by atoms with Gasteiger partial charge in [0.1, 0.15) is 0 Å². The van der Waals surface area contributed by atoms with Crippen molar-refractivity contribution in [3.8, 4) is 11.4 Å². The van der Waals surface area contributed by atoms with Gasteiger partial charge < -0.3 is 9.88 Å². The molecule has 2 aromatic carbocycles. The maximum Gasteiger partial charge on any atom is 0.216 e. The summed E-state index contributed by atoms with van der Waals surface area (Å²) in [5.74, 6) is 1.15. The number of nitrogens with zero attached hydrogens (tertiary/aromatic N) is 3. The van der Waals surface area contributed by atoms with E-state index in [-0.39, 0.29) is 11.7 Å². The van der Waals surface area contributed by atoms with Gasteiger partial charge in [0.05, 0.1) is 5.75 Å². The van der Waals surface area contributed by atoms with Crippen LogP contribution in [0.25, 0.3) is 11.4 Å². The third kappa shape index (κ3) is 5.36. The van der Waals surface area contributed by atoms with E-state index in [9.17, 15) is 9.59 Å². The monoisotopic (exact) mass is 422 g/mol. The van der Waals surface area contributed by atoms with Crippen LogP contribution in [0.4, 0.5) is 0 Å². The first-order valence-electron chi connectivity index (χ1n) is 9.98. The number of carbonyl (C=O) groups excluding carboxylic acids is 2. The number of rotatable bonds is 9. The standard InChI is InChI=1S/C23H26N4O2S/c1-4-27-22(20-8-6-5-7-16(20)2)25-26-23(27)30-15-21(29)19-11-9-18(10-12-19)13-14-24-17(3)28/h5-12H,4,13-15H2,1-3H3,(H,24,28). The first-order valence-corrected chi connectivity index (χ1v) is 11.0. The summed E-state index contributed by atoms with van der Waals surface area (Å²) in [4.78, 5) is 23.6. The number of aryl methyl sites for hydroxylation is 1. The Labute approximate surface area is 181 Å². The summed E-state index contributed by atoms with van der Waals surface area (Å²) in [7, 11) is 0. The van der Waals surface area contributed by atoms with Gasteiger partial charge in [0.15, 0.2) is 16.8 Å². The van der Waals surface area contributed by atoms with Crippen LogP contribution in [0.2, 0.25) is 0 Å². The van der Waals surface area contributed by atoms with Gasteiger partial charge in [0.25, 0.3) is 0 Å². The van der Waals surface area contributed by atoms with Crippen LogP contribution < -0.4 is 5.32 Å². The molecule has 0 aliphatic rings. The van der Waals surface area contributed by atoms with Crippen LogP contribution in [-0.4, -0.2) is 38.8 Å². The summed E-state index contributed by atoms with van der Waals surface area (Å²) in [6.07, 6.45) is 0.740. The third-order valence-corrected chi connectivity index (χ3v) is 5.78. The van der Waals surface area contributed by atoms with E-state index in [1.165, 1.54) is 18.7 Å². The fraction of sp³-hybridized carbons (Fsp3) is 0.304. The molecule has 7 heteroatoms. The highest BCUT2D eigenvalue weighted by Gasteiger charge is 2.16. The summed E-state index contributed by atoms with van der Waals surface area (Å²) < 4.78 is 2.05. The molecule has 0 saturated carbocycles. The molecule has 0 aliphatic heterocycles. The van der Waals surface area contributed by atoms with Crippen molar-refractivity contribution in [3.63, 3.8) is 0 Å². The van der Waals surface area contributed by atoms with E-state index in [4.69, 9.17) is 0 Å². The van der Waals surface area contributed by atoms with Gasteiger partial charge in [-0.3, -0.25) is 9.59 Å². The molecule has 0 radical (unpaired) electrons. The van der Waals surface area contributed by atoms with E-state index in [2.05, 4.69) is 35.4 Å². The van der Waals surface area contributed by atoms with Crippen LogP contribution in [0.1, 0.15) is 35.3 Å². The van der Waals surface area contributed by atoms with Gasteiger partial charge in [-0.1, -0.05) is 60.3 Å². The van der Waals surface area contributed by atoms with E-state index in [1.807, 2.05) is 47.0 Å². The highest BCUT2D eigenvalue weighted by molar-refractivity contribution is 7.99. The second-order valence-electron chi connectivity index (χ2n) is 7.01. The molecule has 0 spiro atoms. The van der Waals surface area contributed by atoms with Gasteiger partial charge in [-0.2, -0.15) is 0 Å². The fourth-order valence-corrected chi connectivity index (χ4v) is 4.05. The zero-order chi connectivity index (χ0) is 21.5. The van der Waals surface area contributed by atoms with Crippen LogP contribution in [0, 0.1) is 6.92 Å². The van der Waals surface area contributed by atoms with Crippen molar-refractivity contribution in [1.82, 2.24) is 20.1 Å². The lowest BCUT2D eigenvalue weighted by molar-refractivity contribution is -0.118. The lowest BCUT2D eigenvalue weighted by Gasteiger charge is -2.09. The number of benzene rings is 2. The molecular formula is C23H26N4O2S. The highest BCUT2D eigenvalue weighted by atomic mass is 32.2. The normalized spacial score (nSPS) is 10.8. The Balaban J connectivity index is 1.63. The predicted molar refractivity (Wildman–Crippen MR) is 120 cm³/mol. The Morgan fingerprint density at radius 2 is 1.80 bits per heavy atom. The van der Waals surface area contributed by atoms with Gasteiger partial charge in [-0.15, -0.1) is 10.2 Å². The Morgan fingerprint density at radius 1 is 1.07 bits per heavy atom. The molecule has 0 aliphatic carbocycles. The van der Waals surface area contributed by atoms with Crippen LogP contribution >= 0.6 is 11.8 Å². The molecule has 6 nitrogen and oxygen atoms in total. The largest absolute Gasteiger partial charge is 0.356 e. The van der Waals surface area contributed by atoms with Crippen molar-refractivity contribution >= 4 is 23.5 Å². The van der Waals surface area contributed by atoms with Gasteiger partial charge in [-0.05, 0) is 31.4 Å². The van der Waals surface area contributed by atoms with Gasteiger partial charge >= 0.3 is 0 Å². The lowest BCUT2D eigenvalue weighted by atomic mass is 10.1. The molecular weight excluding hydrogens is 396 g/mol. The molecule has 1 amide bonds. The van der Waals surface area contributed by atoms with E-state index in [1.54, 1.807) is 0 Å². The Hall–Kier alpha value is -2.93. The van der Waals surface area contributed by atoms with E-state index in [0.717, 1.165) is 40.6 Å². The van der Waals surface area contributed by atoms with Gasteiger partial charge in [-0.25, -0.2) is 0 Å². The number of thioether (sulfide) groups is 1. The lowest BCUT2D eigenvalue weighted by Crippen LogP contribution is -2.22. The zero-order valence-electron chi connectivity index (χ0n) is 17.5. The van der Waals surface area contributed by atoms with Crippen LogP contribution in [-0.2, 0) is 17.8 Å². The zero-order valence-corrected chi connectivity index (χ0v) is 18.3. The number of ketones is 1. The van der Waals surface area contributed by atoms with E-state index >= 15 is 0 Å². The van der Waals surface area contributed by atoms with Gasteiger partial charge in [0, 0.05) is 31.1 Å². The summed E-state index contributed by atoms with van der Waals surface area (Å²) in [6.45, 7) is 6.93. The Bertz CT molecular complexity index is 1030. The molecule has 1 N–H and O–H groups in total. The van der Waals surface area contributed by atoms with Crippen molar-refractivity contribution in [3.05, 3.63) is 65.2 Å². The summed E-state index contributed by atoms with van der Waals surface area (Å²) in [5, 5.41) is 12.2. The fourth-order valence-electron chi connectivity index (χ4n) is 3.16. The molecule has 1 aromatic heterocycles. The first kappa shape index (κ1) is 21.8. The summed E-state index contributed by atoms with van der Waals surface area (Å²) in [5.41, 5.74) is 3.96. The predicted octanol–water partition coefficient (Wildman–Crippen LogP) is 3.93. The number of amides is 1. The van der Waals surface area contributed by atoms with Crippen LogP contribution in [0.3, 0.4) is 0 Å². The molecule has 0 saturated heterocycles. The molecule has 30 heavy (non-hydrogen) atoms. The number of Topliss-reactive ketones (excluding diaryl/α,β-unsaturated/α-hetero) is 1. The SMILES string of the molecule is CCn1c(SCC(=O)c2ccc(CCNC(C)=O)cc2)nnc1-c1ccccc1C. The molecule has 0 unspecified atom stereocenters. The van der Waals surface area contributed by atoms with Crippen molar-refractivity contribution in [1.29, 1.82) is 0 Å². The van der Waals surface area contributed by atoms with E-state index in [0.29, 0.717) is 17.9 Å². The smallest absolute Gasteiger partial charge is 0.216 e. The number of hydrogen-bond acceptors (Lipinski definition) is 5. The van der Waals surface area contributed by atoms with E-state index < -0.39 is 0 Å². The molecule has 0 atom stereocenters. The molecule has 0 bridgehead atoms. The minimum Gasteiger partial charge on any atom is -0.356 e. The first-order chi connectivity index (χ1) is 14.5. The number of carbonyl (C=O) groups is 2. The van der Waals surface area contributed by atoms with Crippen molar-refractivity contribution in [2.24, 2.45) is 0 Å². The molecule has 0 fully saturated rings. The molecule has 156 valence electrons. The van der Waals surface area contributed by atoms with Crippen LogP contribution in [0.15, 0.2) is 53.7 Å². The average molecular weight is 423 g/mol. The van der Waals surface area contributed by atoms with Crippen molar-refractivity contribution in [2.75, 3.05) is 12.3 Å². The molecule has 3 rings (SSSR count). The second kappa shape index (κ2) is 10.2. The highest BCUT2D eigenvalue weighted by Crippen LogP contribution is 2.26. The van der Waals surface area contributed by atoms with Crippen molar-refractivity contribution in [2.45, 2.75) is 38.9 Å².